The Labute approximate surface area is 219 Å². The molecule has 1 heterocycles. The lowest BCUT2D eigenvalue weighted by atomic mass is 9.99. The van der Waals surface area contributed by atoms with Gasteiger partial charge in [0.2, 0.25) is 5.91 Å². The normalized spacial score (nSPS) is 11.9. The average molecular weight is 526 g/mol. The number of nitrogens with zero attached hydrogens (tertiary/aromatic N) is 2. The predicted octanol–water partition coefficient (Wildman–Crippen LogP) is 3.45. The molecule has 0 aliphatic rings. The number of carbonyl (C=O) groups excluding carboxylic acids is 3. The molecule has 1 aromatic heterocycles. The third kappa shape index (κ3) is 5.83. The number of ether oxygens (including phenoxy) is 2. The van der Waals surface area contributed by atoms with Crippen LogP contribution < -0.4 is 31.2 Å². The highest BCUT2D eigenvalue weighted by atomic mass is 32.1. The summed E-state index contributed by atoms with van der Waals surface area (Å²) in [7, 11) is 2.99. The van der Waals surface area contributed by atoms with E-state index in [1.807, 2.05) is 39.8 Å². The minimum absolute atomic E-state index is 0.00825. The maximum absolute atomic E-state index is 14.1. The molecule has 5 N–H and O–H groups in total. The molecule has 11 heteroatoms. The van der Waals surface area contributed by atoms with Crippen molar-refractivity contribution < 1.29 is 23.9 Å². The van der Waals surface area contributed by atoms with Crippen molar-refractivity contribution in [1.82, 2.24) is 9.69 Å². The monoisotopic (exact) mass is 525 g/mol. The number of nitrogens with two attached hydrogens (primary N) is 2. The lowest BCUT2D eigenvalue weighted by Gasteiger charge is -2.34. The van der Waals surface area contributed by atoms with Crippen molar-refractivity contribution in [1.29, 1.82) is 0 Å². The van der Waals surface area contributed by atoms with Gasteiger partial charge < -0.3 is 26.3 Å². The largest absolute Gasteiger partial charge is 0.493 e. The number of primary amides is 1. The highest BCUT2D eigenvalue weighted by Gasteiger charge is 2.38. The molecule has 37 heavy (non-hydrogen) atoms. The molecule has 2 aromatic carbocycles. The molecule has 3 aromatic rings. The van der Waals surface area contributed by atoms with Crippen LogP contribution in [0.3, 0.4) is 0 Å². The highest BCUT2D eigenvalue weighted by molar-refractivity contribution is 7.09. The Bertz CT molecular complexity index is 1330. The van der Waals surface area contributed by atoms with Crippen molar-refractivity contribution >= 4 is 40.6 Å². The Morgan fingerprint density at radius 3 is 2.24 bits per heavy atom. The summed E-state index contributed by atoms with van der Waals surface area (Å²) >= 11 is 0.749. The van der Waals surface area contributed by atoms with Crippen LogP contribution in [0, 0.1) is 6.92 Å². The zero-order chi connectivity index (χ0) is 27.5. The van der Waals surface area contributed by atoms with E-state index in [-0.39, 0.29) is 16.3 Å². The minimum atomic E-state index is -1.15. The van der Waals surface area contributed by atoms with Crippen LogP contribution in [-0.4, -0.2) is 41.9 Å². The van der Waals surface area contributed by atoms with E-state index in [4.69, 9.17) is 20.9 Å². The molecule has 0 saturated heterocycles. The van der Waals surface area contributed by atoms with E-state index in [0.717, 1.165) is 17.1 Å². The van der Waals surface area contributed by atoms with E-state index >= 15 is 0 Å². The highest BCUT2D eigenvalue weighted by Crippen LogP contribution is 2.38. The second-order valence-corrected chi connectivity index (χ2v) is 10.1. The lowest BCUT2D eigenvalue weighted by Crippen LogP contribution is -2.49. The number of amides is 3. The molecule has 3 amide bonds. The van der Waals surface area contributed by atoms with Gasteiger partial charge in [-0.3, -0.25) is 19.3 Å². The van der Waals surface area contributed by atoms with Crippen molar-refractivity contribution in [2.24, 2.45) is 5.73 Å². The van der Waals surface area contributed by atoms with Crippen LogP contribution in [0.2, 0.25) is 0 Å². The molecular formula is C26H31N5O5S. The Kier molecular flexibility index (Phi) is 8.07. The number of benzene rings is 2. The van der Waals surface area contributed by atoms with Gasteiger partial charge in [0.1, 0.15) is 10.9 Å². The van der Waals surface area contributed by atoms with Crippen LogP contribution in [0.1, 0.15) is 58.1 Å². The maximum atomic E-state index is 14.1. The van der Waals surface area contributed by atoms with Gasteiger partial charge in [-0.2, -0.15) is 4.37 Å². The number of hydrogen-bond donors (Lipinski definition) is 3. The standard InChI is InChI=1S/C26H31N5O5S/c1-14-9-7-8-10-16(14)31(25(34)22-19(27)20(23(28)32)30-37-22)21(24(33)29-26(2,3)4)15-11-12-17(35-5)18(13-15)36-6/h7-13,21H,27H2,1-6H3,(H2,28,32)(H,29,33). The number of para-hydroxylation sites is 1. The second kappa shape index (κ2) is 10.9. The molecule has 0 fully saturated rings. The van der Waals surface area contributed by atoms with Crippen LogP contribution >= 0.6 is 11.5 Å². The number of aryl methyl sites for hydroxylation is 1. The van der Waals surface area contributed by atoms with Crippen LogP contribution in [0.4, 0.5) is 11.4 Å². The molecule has 1 atom stereocenters. The molecule has 1 unspecified atom stereocenters. The van der Waals surface area contributed by atoms with Gasteiger partial charge in [-0.25, -0.2) is 0 Å². The van der Waals surface area contributed by atoms with Gasteiger partial charge in [0.05, 0.1) is 19.9 Å². The van der Waals surface area contributed by atoms with Crippen LogP contribution in [0.25, 0.3) is 0 Å². The summed E-state index contributed by atoms with van der Waals surface area (Å²) in [5.41, 5.74) is 12.2. The molecule has 196 valence electrons. The third-order valence-electron chi connectivity index (χ3n) is 5.48. The first-order chi connectivity index (χ1) is 17.4. The summed E-state index contributed by atoms with van der Waals surface area (Å²) in [5.74, 6) is -1.04. The Balaban J connectivity index is 2.30. The number of rotatable bonds is 8. The average Bonchev–Trinajstić information content (AvgIpc) is 3.22. The molecule has 0 aliphatic carbocycles. The van der Waals surface area contributed by atoms with Crippen molar-refractivity contribution in [2.45, 2.75) is 39.3 Å². The van der Waals surface area contributed by atoms with Gasteiger partial charge in [-0.1, -0.05) is 24.3 Å². The summed E-state index contributed by atoms with van der Waals surface area (Å²) in [6, 6.07) is 11.0. The Morgan fingerprint density at radius 1 is 1.05 bits per heavy atom. The predicted molar refractivity (Wildman–Crippen MR) is 143 cm³/mol. The number of nitrogens with one attached hydrogen (secondary N) is 1. The lowest BCUT2D eigenvalue weighted by molar-refractivity contribution is -0.123. The van der Waals surface area contributed by atoms with E-state index in [1.54, 1.807) is 30.3 Å². The molecule has 0 spiro atoms. The number of nitrogen functional groups attached to an aromatic ring is 1. The minimum Gasteiger partial charge on any atom is -0.493 e. The van der Waals surface area contributed by atoms with E-state index in [2.05, 4.69) is 9.69 Å². The first kappa shape index (κ1) is 27.5. The first-order valence-corrected chi connectivity index (χ1v) is 12.1. The summed E-state index contributed by atoms with van der Waals surface area (Å²) in [6.45, 7) is 7.36. The maximum Gasteiger partial charge on any atom is 0.273 e. The molecule has 0 saturated carbocycles. The number of methoxy groups -OCH3 is 2. The molecule has 0 radical (unpaired) electrons. The fourth-order valence-electron chi connectivity index (χ4n) is 3.82. The molecular weight excluding hydrogens is 494 g/mol. The van der Waals surface area contributed by atoms with Crippen LogP contribution in [-0.2, 0) is 4.79 Å². The van der Waals surface area contributed by atoms with E-state index in [0.29, 0.717) is 22.7 Å². The number of carbonyl (C=O) groups is 3. The van der Waals surface area contributed by atoms with Gasteiger partial charge >= 0.3 is 0 Å². The van der Waals surface area contributed by atoms with Crippen molar-refractivity contribution in [3.05, 3.63) is 64.2 Å². The van der Waals surface area contributed by atoms with Gasteiger partial charge in [0, 0.05) is 11.2 Å². The van der Waals surface area contributed by atoms with Gasteiger partial charge in [-0.15, -0.1) is 0 Å². The summed E-state index contributed by atoms with van der Waals surface area (Å²) < 4.78 is 14.8. The Hall–Kier alpha value is -4.12. The van der Waals surface area contributed by atoms with Crippen molar-refractivity contribution in [3.63, 3.8) is 0 Å². The fraction of sp³-hybridized carbons (Fsp3) is 0.308. The van der Waals surface area contributed by atoms with E-state index < -0.39 is 29.3 Å². The summed E-state index contributed by atoms with van der Waals surface area (Å²) in [4.78, 5) is 41.1. The molecule has 0 aliphatic heterocycles. The molecule has 10 nitrogen and oxygen atoms in total. The van der Waals surface area contributed by atoms with Crippen molar-refractivity contribution in [3.8, 4) is 11.5 Å². The second-order valence-electron chi connectivity index (χ2n) is 9.36. The third-order valence-corrected chi connectivity index (χ3v) is 6.33. The topological polar surface area (TPSA) is 150 Å². The van der Waals surface area contributed by atoms with Crippen molar-refractivity contribution in [2.75, 3.05) is 24.9 Å². The number of aromatic nitrogens is 1. The zero-order valence-corrected chi connectivity index (χ0v) is 22.4. The molecule has 0 bridgehead atoms. The Morgan fingerprint density at radius 2 is 1.70 bits per heavy atom. The fourth-order valence-corrected chi connectivity index (χ4v) is 4.56. The first-order valence-electron chi connectivity index (χ1n) is 11.4. The van der Waals surface area contributed by atoms with Gasteiger partial charge in [0.25, 0.3) is 11.8 Å². The smallest absolute Gasteiger partial charge is 0.273 e. The van der Waals surface area contributed by atoms with Crippen LogP contribution in [0.5, 0.6) is 11.5 Å². The molecule has 3 rings (SSSR count). The summed E-state index contributed by atoms with van der Waals surface area (Å²) in [6.07, 6.45) is 0. The van der Waals surface area contributed by atoms with Gasteiger partial charge in [-0.05, 0) is 68.6 Å². The number of anilines is 2. The summed E-state index contributed by atoms with van der Waals surface area (Å²) in [5, 5.41) is 2.98. The van der Waals surface area contributed by atoms with E-state index in [9.17, 15) is 14.4 Å². The number of hydrogen-bond acceptors (Lipinski definition) is 8. The zero-order valence-electron chi connectivity index (χ0n) is 21.6. The van der Waals surface area contributed by atoms with Crippen LogP contribution in [0.15, 0.2) is 42.5 Å². The van der Waals surface area contributed by atoms with E-state index in [1.165, 1.54) is 19.1 Å². The quantitative estimate of drug-likeness (QED) is 0.408. The van der Waals surface area contributed by atoms with Gasteiger partial charge in [0.15, 0.2) is 17.2 Å². The SMILES string of the molecule is COc1ccc(C(C(=O)NC(C)(C)C)N(C(=O)c2snc(C(N)=O)c2N)c2ccccc2C)cc1OC.